The van der Waals surface area contributed by atoms with Crippen LogP contribution in [0.2, 0.25) is 0 Å². The largest absolute Gasteiger partial charge is 0.316 e. The monoisotopic (exact) mass is 249 g/mol. The third kappa shape index (κ3) is 2.31. The van der Waals surface area contributed by atoms with E-state index in [1.165, 1.54) is 0 Å². The zero-order valence-corrected chi connectivity index (χ0v) is 10.3. The van der Waals surface area contributed by atoms with Gasteiger partial charge in [0.15, 0.2) is 6.20 Å². The number of rotatable bonds is 2. The molecule has 2 N–H and O–H groups in total. The summed E-state index contributed by atoms with van der Waals surface area (Å²) < 4.78 is 0. The topological polar surface area (TPSA) is 43.2 Å². The molecule has 2 aromatic carbocycles. The van der Waals surface area contributed by atoms with Gasteiger partial charge in [0.1, 0.15) is 5.69 Å². The Bertz CT molecular complexity index is 718. The zero-order valence-electron chi connectivity index (χ0n) is 10.3. The normalized spacial score (nSPS) is 10.3. The lowest BCUT2D eigenvalue weighted by Crippen LogP contribution is -2.14. The molecule has 1 amide bonds. The lowest BCUT2D eigenvalue weighted by molar-refractivity contribution is -0.344. The second kappa shape index (κ2) is 4.90. The fraction of sp³-hybridized carbons (Fsp3) is 0. The lowest BCUT2D eigenvalue weighted by Gasteiger charge is -2.05. The number of aromatic amines is 1. The van der Waals surface area contributed by atoms with Gasteiger partial charge in [-0.2, -0.15) is 0 Å². The first-order valence-corrected chi connectivity index (χ1v) is 6.10. The number of aromatic nitrogens is 1. The predicted octanol–water partition coefficient (Wildman–Crippen LogP) is 2.91. The molecule has 0 atom stereocenters. The Labute approximate surface area is 110 Å². The molecule has 1 aromatic heterocycles. The van der Waals surface area contributed by atoms with Crippen molar-refractivity contribution in [2.24, 2.45) is 0 Å². The fourth-order valence-electron chi connectivity index (χ4n) is 2.04. The van der Waals surface area contributed by atoms with Crippen molar-refractivity contribution in [3.8, 4) is 0 Å². The third-order valence-electron chi connectivity index (χ3n) is 2.98. The number of nitrogens with one attached hydrogen (secondary N) is 2. The van der Waals surface area contributed by atoms with Gasteiger partial charge in [-0.05, 0) is 30.3 Å². The van der Waals surface area contributed by atoms with Gasteiger partial charge >= 0.3 is 0 Å². The number of H-pyrrole nitrogens is 1. The van der Waals surface area contributed by atoms with Gasteiger partial charge in [0.05, 0.1) is 0 Å². The molecule has 0 unspecified atom stereocenters. The number of hydrogen-bond donors (Lipinski definition) is 1. The molecule has 1 heterocycles. The van der Waals surface area contributed by atoms with Crippen LogP contribution < -0.4 is 10.3 Å². The first-order chi connectivity index (χ1) is 9.34. The molecule has 0 spiro atoms. The van der Waals surface area contributed by atoms with Crippen LogP contribution >= 0.6 is 0 Å². The van der Waals surface area contributed by atoms with Crippen LogP contribution in [0, 0.1) is 0 Å². The van der Waals surface area contributed by atoms with Gasteiger partial charge in [-0.3, -0.25) is 4.79 Å². The number of para-hydroxylation sites is 1. The standard InChI is InChI=1S/C16H12N2O/c19-16(13-6-2-1-3-7-13)18-14-10-4-8-12-9-5-11-17-15(12)14/h1-11H,(H,18,19)/p+1. The minimum absolute atomic E-state index is 0.106. The minimum Gasteiger partial charge on any atom is -0.316 e. The van der Waals surface area contributed by atoms with Crippen molar-refractivity contribution in [1.82, 2.24) is 0 Å². The van der Waals surface area contributed by atoms with E-state index in [-0.39, 0.29) is 5.91 Å². The summed E-state index contributed by atoms with van der Waals surface area (Å²) in [5, 5.41) is 3.99. The summed E-state index contributed by atoms with van der Waals surface area (Å²) in [7, 11) is 0. The third-order valence-corrected chi connectivity index (χ3v) is 2.98. The Kier molecular flexibility index (Phi) is 2.94. The van der Waals surface area contributed by atoms with Crippen LogP contribution in [0.5, 0.6) is 0 Å². The van der Waals surface area contributed by atoms with E-state index in [1.807, 2.05) is 54.7 Å². The molecule has 0 aliphatic heterocycles. The molecule has 19 heavy (non-hydrogen) atoms. The maximum Gasteiger partial charge on any atom is 0.255 e. The maximum absolute atomic E-state index is 12.1. The molecule has 3 nitrogen and oxygen atoms in total. The summed E-state index contributed by atoms with van der Waals surface area (Å²) in [4.78, 5) is 15.3. The summed E-state index contributed by atoms with van der Waals surface area (Å²) in [6.45, 7) is 0. The van der Waals surface area contributed by atoms with Crippen molar-refractivity contribution in [3.63, 3.8) is 0 Å². The average molecular weight is 249 g/mol. The quantitative estimate of drug-likeness (QED) is 0.745. The Morgan fingerprint density at radius 2 is 1.68 bits per heavy atom. The second-order valence-corrected chi connectivity index (χ2v) is 4.26. The van der Waals surface area contributed by atoms with Crippen molar-refractivity contribution < 1.29 is 9.78 Å². The second-order valence-electron chi connectivity index (χ2n) is 4.26. The molecule has 0 saturated heterocycles. The van der Waals surface area contributed by atoms with E-state index in [1.54, 1.807) is 12.1 Å². The Hall–Kier alpha value is -2.68. The van der Waals surface area contributed by atoms with Gasteiger partial charge < -0.3 is 5.32 Å². The summed E-state index contributed by atoms with van der Waals surface area (Å²) >= 11 is 0. The minimum atomic E-state index is -0.106. The summed E-state index contributed by atoms with van der Waals surface area (Å²) in [5.41, 5.74) is 2.36. The van der Waals surface area contributed by atoms with E-state index in [0.717, 1.165) is 16.6 Å². The van der Waals surface area contributed by atoms with Crippen LogP contribution in [0.15, 0.2) is 66.9 Å². The number of anilines is 1. The van der Waals surface area contributed by atoms with E-state index < -0.39 is 0 Å². The number of hydrogen-bond acceptors (Lipinski definition) is 1. The van der Waals surface area contributed by atoms with Crippen molar-refractivity contribution in [2.45, 2.75) is 0 Å². The summed E-state index contributed by atoms with van der Waals surface area (Å²) in [6, 6.07) is 18.9. The molecule has 3 rings (SSSR count). The molecule has 0 aliphatic carbocycles. The summed E-state index contributed by atoms with van der Waals surface area (Å²) in [5.74, 6) is -0.106. The Morgan fingerprint density at radius 1 is 0.895 bits per heavy atom. The van der Waals surface area contributed by atoms with Crippen LogP contribution in [-0.4, -0.2) is 5.91 Å². The van der Waals surface area contributed by atoms with Crippen LogP contribution in [0.4, 0.5) is 5.69 Å². The van der Waals surface area contributed by atoms with E-state index in [9.17, 15) is 4.79 Å². The lowest BCUT2D eigenvalue weighted by atomic mass is 10.1. The number of benzene rings is 2. The smallest absolute Gasteiger partial charge is 0.255 e. The molecular formula is C16H13N2O+. The maximum atomic E-state index is 12.1. The van der Waals surface area contributed by atoms with Gasteiger partial charge in [0.2, 0.25) is 5.52 Å². The average Bonchev–Trinajstić information content (AvgIpc) is 2.48. The van der Waals surface area contributed by atoms with E-state index in [0.29, 0.717) is 5.56 Å². The number of fused-ring (bicyclic) bond motifs is 1. The molecule has 92 valence electrons. The molecule has 0 fully saturated rings. The number of carbonyl (C=O) groups excluding carboxylic acids is 1. The highest BCUT2D eigenvalue weighted by atomic mass is 16.1. The number of carbonyl (C=O) groups is 1. The van der Waals surface area contributed by atoms with E-state index >= 15 is 0 Å². The van der Waals surface area contributed by atoms with E-state index in [2.05, 4.69) is 10.3 Å². The molecule has 0 bridgehead atoms. The Morgan fingerprint density at radius 3 is 2.53 bits per heavy atom. The zero-order chi connectivity index (χ0) is 13.1. The molecule has 0 saturated carbocycles. The highest BCUT2D eigenvalue weighted by molar-refractivity contribution is 6.07. The van der Waals surface area contributed by atoms with Crippen LogP contribution in [0.25, 0.3) is 10.9 Å². The van der Waals surface area contributed by atoms with Crippen molar-refractivity contribution in [1.29, 1.82) is 0 Å². The SMILES string of the molecule is O=C(Nc1cccc2ccc[nH+]c12)c1ccccc1. The van der Waals surface area contributed by atoms with Crippen LogP contribution in [0.3, 0.4) is 0 Å². The van der Waals surface area contributed by atoms with Crippen LogP contribution in [-0.2, 0) is 0 Å². The summed E-state index contributed by atoms with van der Waals surface area (Å²) in [6.07, 6.45) is 1.85. The van der Waals surface area contributed by atoms with Crippen LogP contribution in [0.1, 0.15) is 10.4 Å². The molecule has 3 aromatic rings. The molecule has 0 radical (unpaired) electrons. The van der Waals surface area contributed by atoms with Gasteiger partial charge in [0.25, 0.3) is 5.91 Å². The van der Waals surface area contributed by atoms with Crippen molar-refractivity contribution >= 4 is 22.5 Å². The molecule has 3 heteroatoms. The van der Waals surface area contributed by atoms with Gasteiger partial charge in [-0.1, -0.05) is 24.3 Å². The van der Waals surface area contributed by atoms with Gasteiger partial charge in [-0.25, -0.2) is 4.98 Å². The van der Waals surface area contributed by atoms with Gasteiger partial charge in [0, 0.05) is 17.0 Å². The number of pyridine rings is 1. The van der Waals surface area contributed by atoms with Crippen molar-refractivity contribution in [3.05, 3.63) is 72.4 Å². The predicted molar refractivity (Wildman–Crippen MR) is 74.9 cm³/mol. The highest BCUT2D eigenvalue weighted by Crippen LogP contribution is 2.19. The first-order valence-electron chi connectivity index (χ1n) is 6.10. The Balaban J connectivity index is 1.96. The molecule has 0 aliphatic rings. The fourth-order valence-corrected chi connectivity index (χ4v) is 2.04. The molecular weight excluding hydrogens is 236 g/mol. The first kappa shape index (κ1) is 11.4. The van der Waals surface area contributed by atoms with Crippen molar-refractivity contribution in [2.75, 3.05) is 5.32 Å². The highest BCUT2D eigenvalue weighted by Gasteiger charge is 2.11. The van der Waals surface area contributed by atoms with Gasteiger partial charge in [-0.15, -0.1) is 0 Å². The number of amides is 1. The van der Waals surface area contributed by atoms with E-state index in [4.69, 9.17) is 0 Å².